The maximum Gasteiger partial charge on any atom is 0.322 e. The zero-order valence-corrected chi connectivity index (χ0v) is 11.2. The monoisotopic (exact) mass is 265 g/mol. The Morgan fingerprint density at radius 2 is 1.90 bits per heavy atom. The second-order valence-corrected chi connectivity index (χ2v) is 4.63. The van der Waals surface area contributed by atoms with Crippen molar-refractivity contribution in [3.63, 3.8) is 0 Å². The fraction of sp³-hybridized carbons (Fsp3) is 0.125. The largest absolute Gasteiger partial charge is 0.334 e. The molecule has 2 aromatic carbocycles. The van der Waals surface area contributed by atoms with Crippen molar-refractivity contribution in [2.24, 2.45) is 0 Å². The first kappa shape index (κ1) is 12.4. The summed E-state index contributed by atoms with van der Waals surface area (Å²) in [4.78, 5) is 4.35. The molecule has 1 aromatic heterocycles. The molecule has 0 saturated carbocycles. The molecule has 1 heterocycles. The molecule has 0 amide bonds. The number of nitrogens with one attached hydrogen (secondary N) is 1. The molecule has 100 valence electrons. The smallest absolute Gasteiger partial charge is 0.322 e. The lowest BCUT2D eigenvalue weighted by Crippen LogP contribution is -1.99. The zero-order chi connectivity index (χ0) is 13.8. The van der Waals surface area contributed by atoms with E-state index in [9.17, 15) is 0 Å². The van der Waals surface area contributed by atoms with Gasteiger partial charge in [0.1, 0.15) is 0 Å². The zero-order valence-electron chi connectivity index (χ0n) is 11.2. The number of rotatable bonds is 4. The number of nitrogens with zero attached hydrogens (tertiary/aromatic N) is 2. The van der Waals surface area contributed by atoms with Crippen LogP contribution in [-0.2, 0) is 6.54 Å². The predicted molar refractivity (Wildman–Crippen MR) is 78.2 cm³/mol. The van der Waals surface area contributed by atoms with E-state index < -0.39 is 0 Å². The molecule has 20 heavy (non-hydrogen) atoms. The molecule has 4 nitrogen and oxygen atoms in total. The quantitative estimate of drug-likeness (QED) is 0.782. The maximum atomic E-state index is 5.21. The van der Waals surface area contributed by atoms with Crippen molar-refractivity contribution >= 4 is 6.01 Å². The summed E-state index contributed by atoms with van der Waals surface area (Å²) in [5, 5.41) is 7.12. The summed E-state index contributed by atoms with van der Waals surface area (Å²) in [6, 6.07) is 18.6. The molecule has 3 rings (SSSR count). The van der Waals surface area contributed by atoms with Crippen LogP contribution in [-0.4, -0.2) is 10.1 Å². The molecule has 0 fully saturated rings. The van der Waals surface area contributed by atoms with Gasteiger partial charge in [0, 0.05) is 12.1 Å². The lowest BCUT2D eigenvalue weighted by atomic mass is 10.1. The summed E-state index contributed by atoms with van der Waals surface area (Å²) in [7, 11) is 0. The van der Waals surface area contributed by atoms with E-state index >= 15 is 0 Å². The van der Waals surface area contributed by atoms with E-state index in [1.54, 1.807) is 0 Å². The standard InChI is InChI=1S/C16H15N3O/c1-12-6-5-9-14(10-12)15-18-16(20-19-15)17-11-13-7-3-2-4-8-13/h2-10H,11H2,1H3,(H,17,18,19). The van der Waals surface area contributed by atoms with Crippen molar-refractivity contribution < 1.29 is 4.52 Å². The van der Waals surface area contributed by atoms with E-state index in [2.05, 4.69) is 15.5 Å². The van der Waals surface area contributed by atoms with Gasteiger partial charge in [-0.25, -0.2) is 0 Å². The van der Waals surface area contributed by atoms with Crippen molar-refractivity contribution in [1.29, 1.82) is 0 Å². The highest BCUT2D eigenvalue weighted by atomic mass is 16.5. The third-order valence-corrected chi connectivity index (χ3v) is 2.99. The molecular weight excluding hydrogens is 250 g/mol. The molecule has 0 spiro atoms. The Labute approximate surface area is 117 Å². The SMILES string of the molecule is Cc1cccc(-c2noc(NCc3ccccc3)n2)c1. The van der Waals surface area contributed by atoms with Crippen LogP contribution in [0, 0.1) is 6.92 Å². The van der Waals surface area contributed by atoms with E-state index in [1.807, 2.05) is 61.5 Å². The number of aromatic nitrogens is 2. The first-order chi connectivity index (χ1) is 9.81. The minimum absolute atomic E-state index is 0.436. The Hall–Kier alpha value is -2.62. The highest BCUT2D eigenvalue weighted by Crippen LogP contribution is 2.18. The minimum Gasteiger partial charge on any atom is -0.334 e. The summed E-state index contributed by atoms with van der Waals surface area (Å²) in [6.45, 7) is 2.70. The minimum atomic E-state index is 0.436. The molecule has 0 atom stereocenters. The van der Waals surface area contributed by atoms with Gasteiger partial charge in [0.25, 0.3) is 0 Å². The summed E-state index contributed by atoms with van der Waals surface area (Å²) >= 11 is 0. The van der Waals surface area contributed by atoms with Gasteiger partial charge in [0.15, 0.2) is 0 Å². The Bertz CT molecular complexity index is 692. The fourth-order valence-corrected chi connectivity index (χ4v) is 1.97. The van der Waals surface area contributed by atoms with E-state index in [4.69, 9.17) is 4.52 Å². The number of benzene rings is 2. The van der Waals surface area contributed by atoms with Gasteiger partial charge >= 0.3 is 6.01 Å². The van der Waals surface area contributed by atoms with Crippen molar-refractivity contribution in [2.75, 3.05) is 5.32 Å². The van der Waals surface area contributed by atoms with E-state index in [0.717, 1.165) is 5.56 Å². The van der Waals surface area contributed by atoms with Gasteiger partial charge in [-0.2, -0.15) is 4.98 Å². The average molecular weight is 265 g/mol. The van der Waals surface area contributed by atoms with E-state index in [-0.39, 0.29) is 0 Å². The van der Waals surface area contributed by atoms with Gasteiger partial charge in [0.2, 0.25) is 5.82 Å². The van der Waals surface area contributed by atoms with Crippen molar-refractivity contribution in [3.8, 4) is 11.4 Å². The number of hydrogen-bond donors (Lipinski definition) is 1. The van der Waals surface area contributed by atoms with Crippen LogP contribution in [0.15, 0.2) is 59.1 Å². The van der Waals surface area contributed by atoms with Crippen LogP contribution in [0.2, 0.25) is 0 Å². The van der Waals surface area contributed by atoms with Crippen molar-refractivity contribution in [1.82, 2.24) is 10.1 Å². The molecule has 0 unspecified atom stereocenters. The van der Waals surface area contributed by atoms with Crippen LogP contribution in [0.1, 0.15) is 11.1 Å². The summed E-state index contributed by atoms with van der Waals surface area (Å²) in [5.74, 6) is 0.601. The number of aryl methyl sites for hydroxylation is 1. The van der Waals surface area contributed by atoms with Crippen LogP contribution in [0.5, 0.6) is 0 Å². The molecule has 0 aliphatic carbocycles. The molecular formula is C16H15N3O. The van der Waals surface area contributed by atoms with Crippen LogP contribution >= 0.6 is 0 Å². The fourth-order valence-electron chi connectivity index (χ4n) is 1.97. The lowest BCUT2D eigenvalue weighted by molar-refractivity contribution is 0.432. The van der Waals surface area contributed by atoms with Crippen LogP contribution in [0.3, 0.4) is 0 Å². The highest BCUT2D eigenvalue weighted by Gasteiger charge is 2.08. The topological polar surface area (TPSA) is 51.0 Å². The Morgan fingerprint density at radius 1 is 1.05 bits per heavy atom. The normalized spacial score (nSPS) is 10.4. The average Bonchev–Trinajstić information content (AvgIpc) is 2.95. The van der Waals surface area contributed by atoms with Gasteiger partial charge in [-0.15, -0.1) is 0 Å². The van der Waals surface area contributed by atoms with Gasteiger partial charge < -0.3 is 9.84 Å². The van der Waals surface area contributed by atoms with E-state index in [0.29, 0.717) is 18.4 Å². The third-order valence-electron chi connectivity index (χ3n) is 2.99. The second-order valence-electron chi connectivity index (χ2n) is 4.63. The van der Waals surface area contributed by atoms with Gasteiger partial charge in [-0.1, -0.05) is 59.3 Å². The number of anilines is 1. The Balaban J connectivity index is 1.71. The molecule has 0 aliphatic rings. The van der Waals surface area contributed by atoms with Crippen molar-refractivity contribution in [3.05, 3.63) is 65.7 Å². The molecule has 4 heteroatoms. The first-order valence-corrected chi connectivity index (χ1v) is 6.50. The van der Waals surface area contributed by atoms with E-state index in [1.165, 1.54) is 11.1 Å². The first-order valence-electron chi connectivity index (χ1n) is 6.50. The molecule has 0 bridgehead atoms. The van der Waals surface area contributed by atoms with Gasteiger partial charge in [-0.05, 0) is 18.6 Å². The summed E-state index contributed by atoms with van der Waals surface area (Å²) < 4.78 is 5.21. The van der Waals surface area contributed by atoms with Crippen LogP contribution < -0.4 is 5.32 Å². The van der Waals surface area contributed by atoms with Crippen LogP contribution in [0.25, 0.3) is 11.4 Å². The van der Waals surface area contributed by atoms with Gasteiger partial charge in [0.05, 0.1) is 0 Å². The number of hydrogen-bond acceptors (Lipinski definition) is 4. The Kier molecular flexibility index (Phi) is 3.46. The van der Waals surface area contributed by atoms with Crippen molar-refractivity contribution in [2.45, 2.75) is 13.5 Å². The molecule has 0 saturated heterocycles. The van der Waals surface area contributed by atoms with Gasteiger partial charge in [-0.3, -0.25) is 0 Å². The molecule has 0 radical (unpaired) electrons. The summed E-state index contributed by atoms with van der Waals surface area (Å²) in [6.07, 6.45) is 0. The predicted octanol–water partition coefficient (Wildman–Crippen LogP) is 3.66. The highest BCUT2D eigenvalue weighted by molar-refractivity contribution is 5.56. The summed E-state index contributed by atoms with van der Waals surface area (Å²) in [5.41, 5.74) is 3.30. The Morgan fingerprint density at radius 3 is 2.70 bits per heavy atom. The molecule has 3 aromatic rings. The van der Waals surface area contributed by atoms with Crippen LogP contribution in [0.4, 0.5) is 6.01 Å². The second kappa shape index (κ2) is 5.57. The maximum absolute atomic E-state index is 5.21. The lowest BCUT2D eigenvalue weighted by Gasteiger charge is -2.00. The molecule has 0 aliphatic heterocycles. The molecule has 1 N–H and O–H groups in total. The third kappa shape index (κ3) is 2.85.